The molecule has 180 valence electrons. The highest BCUT2D eigenvalue weighted by Crippen LogP contribution is 2.33. The molecule has 0 fully saturated rings. The molecule has 4 aromatic rings. The number of ether oxygens (including phenoxy) is 1. The Labute approximate surface area is 204 Å². The molecule has 0 radical (unpaired) electrons. The van der Waals surface area contributed by atoms with Gasteiger partial charge in [-0.05, 0) is 63.1 Å². The number of esters is 1. The first-order valence-corrected chi connectivity index (χ1v) is 11.5. The van der Waals surface area contributed by atoms with Gasteiger partial charge in [-0.3, -0.25) is 9.48 Å². The summed E-state index contributed by atoms with van der Waals surface area (Å²) in [6.07, 6.45) is 0.0485. The molecule has 4 rings (SSSR count). The fourth-order valence-electron chi connectivity index (χ4n) is 4.13. The van der Waals surface area contributed by atoms with Crippen molar-refractivity contribution in [1.29, 1.82) is 0 Å². The van der Waals surface area contributed by atoms with Crippen molar-refractivity contribution in [3.05, 3.63) is 113 Å². The summed E-state index contributed by atoms with van der Waals surface area (Å²) < 4.78 is 34.9. The van der Waals surface area contributed by atoms with Gasteiger partial charge in [0.2, 0.25) is 0 Å². The number of rotatable bonds is 6. The number of nitrogens with zero attached hydrogens (tertiary/aromatic N) is 2. The van der Waals surface area contributed by atoms with E-state index >= 15 is 0 Å². The van der Waals surface area contributed by atoms with Gasteiger partial charge < -0.3 is 4.74 Å². The first kappa shape index (κ1) is 24.3. The minimum atomic E-state index is -0.612. The third kappa shape index (κ3) is 5.65. The van der Waals surface area contributed by atoms with E-state index in [1.807, 2.05) is 62.7 Å². The molecule has 0 atom stereocenters. The molecule has 0 spiro atoms. The number of benzene rings is 3. The quantitative estimate of drug-likeness (QED) is 0.294. The molecule has 0 unspecified atom stereocenters. The van der Waals surface area contributed by atoms with E-state index in [0.29, 0.717) is 5.69 Å². The molecular formula is C29H28F2N2O2. The maximum absolute atomic E-state index is 13.7. The van der Waals surface area contributed by atoms with Crippen LogP contribution in [0.4, 0.5) is 8.78 Å². The Kier molecular flexibility index (Phi) is 6.83. The van der Waals surface area contributed by atoms with Crippen LogP contribution in [0.15, 0.2) is 78.9 Å². The molecule has 0 N–H and O–H groups in total. The molecule has 1 heterocycles. The van der Waals surface area contributed by atoms with Crippen molar-refractivity contribution in [1.82, 2.24) is 9.78 Å². The normalized spacial score (nSPS) is 11.6. The molecule has 0 aliphatic rings. The lowest BCUT2D eigenvalue weighted by Gasteiger charge is -2.21. The average Bonchev–Trinajstić information content (AvgIpc) is 3.11. The molecular weight excluding hydrogens is 446 g/mol. The topological polar surface area (TPSA) is 44.1 Å². The van der Waals surface area contributed by atoms with Crippen molar-refractivity contribution >= 4 is 5.97 Å². The standard InChI is InChI=1S/C29H28F2N2O2/c1-19-25(18-26(34)35-29(2,3)4)27(20-8-6-5-7-9-20)32-33(19)28(21-10-14-23(30)15-11-21)22-12-16-24(31)17-13-22/h5-17,28H,18H2,1-4H3. The van der Waals surface area contributed by atoms with Crippen molar-refractivity contribution in [2.24, 2.45) is 0 Å². The summed E-state index contributed by atoms with van der Waals surface area (Å²) in [5.74, 6) is -1.05. The number of carbonyl (C=O) groups excluding carboxylic acids is 1. The molecule has 0 saturated carbocycles. The zero-order valence-electron chi connectivity index (χ0n) is 20.3. The van der Waals surface area contributed by atoms with E-state index in [2.05, 4.69) is 0 Å². The summed E-state index contributed by atoms with van der Waals surface area (Å²) in [7, 11) is 0. The average molecular weight is 475 g/mol. The first-order valence-electron chi connectivity index (χ1n) is 11.5. The summed E-state index contributed by atoms with van der Waals surface area (Å²) in [4.78, 5) is 12.8. The van der Waals surface area contributed by atoms with Crippen LogP contribution in [0.3, 0.4) is 0 Å². The van der Waals surface area contributed by atoms with Crippen molar-refractivity contribution in [3.63, 3.8) is 0 Å². The molecule has 1 aromatic heterocycles. The summed E-state index contributed by atoms with van der Waals surface area (Å²) in [6.45, 7) is 7.40. The van der Waals surface area contributed by atoms with Crippen molar-refractivity contribution in [3.8, 4) is 11.3 Å². The van der Waals surface area contributed by atoms with Crippen LogP contribution in [0.5, 0.6) is 0 Å². The van der Waals surface area contributed by atoms with Crippen LogP contribution in [0.2, 0.25) is 0 Å². The predicted octanol–water partition coefficient (Wildman–Crippen LogP) is 6.66. The van der Waals surface area contributed by atoms with E-state index < -0.39 is 11.6 Å². The number of aromatic nitrogens is 2. The maximum atomic E-state index is 13.7. The summed E-state index contributed by atoms with van der Waals surface area (Å²) in [6, 6.07) is 21.5. The van der Waals surface area contributed by atoms with Crippen molar-refractivity contribution in [2.75, 3.05) is 0 Å². The highest BCUT2D eigenvalue weighted by Gasteiger charge is 2.27. The monoisotopic (exact) mass is 474 g/mol. The van der Waals surface area contributed by atoms with E-state index in [9.17, 15) is 13.6 Å². The fraction of sp³-hybridized carbons (Fsp3) is 0.241. The Morgan fingerprint density at radius 1 is 0.886 bits per heavy atom. The number of hydrogen-bond donors (Lipinski definition) is 0. The summed E-state index contributed by atoms with van der Waals surface area (Å²) in [5, 5.41) is 4.95. The van der Waals surface area contributed by atoms with Crippen molar-refractivity contribution in [2.45, 2.75) is 45.8 Å². The van der Waals surface area contributed by atoms with Gasteiger partial charge in [0.25, 0.3) is 0 Å². The van der Waals surface area contributed by atoms with Gasteiger partial charge in [0, 0.05) is 16.8 Å². The summed E-state index contributed by atoms with van der Waals surface area (Å²) in [5.41, 5.74) is 4.01. The number of halogens is 2. The van der Waals surface area contributed by atoms with Gasteiger partial charge >= 0.3 is 5.97 Å². The van der Waals surface area contributed by atoms with Gasteiger partial charge in [-0.2, -0.15) is 5.10 Å². The highest BCUT2D eigenvalue weighted by molar-refractivity contribution is 5.77. The lowest BCUT2D eigenvalue weighted by atomic mass is 9.98. The minimum Gasteiger partial charge on any atom is -0.460 e. The van der Waals surface area contributed by atoms with Crippen LogP contribution in [-0.4, -0.2) is 21.4 Å². The minimum absolute atomic E-state index is 0.0485. The lowest BCUT2D eigenvalue weighted by molar-refractivity contribution is -0.153. The molecule has 0 aliphatic carbocycles. The van der Waals surface area contributed by atoms with Gasteiger partial charge in [0.1, 0.15) is 23.3 Å². The Morgan fingerprint density at radius 3 is 1.89 bits per heavy atom. The summed E-state index contributed by atoms with van der Waals surface area (Å²) >= 11 is 0. The van der Waals surface area contributed by atoms with Crippen LogP contribution in [-0.2, 0) is 16.0 Å². The zero-order valence-corrected chi connectivity index (χ0v) is 20.3. The third-order valence-corrected chi connectivity index (χ3v) is 5.68. The molecule has 0 saturated heterocycles. The molecule has 6 heteroatoms. The van der Waals surface area contributed by atoms with Crippen LogP contribution in [0.1, 0.15) is 49.2 Å². The van der Waals surface area contributed by atoms with Crippen LogP contribution < -0.4 is 0 Å². The second-order valence-electron chi connectivity index (χ2n) is 9.49. The number of carbonyl (C=O) groups is 1. The van der Waals surface area contributed by atoms with E-state index in [1.54, 1.807) is 24.3 Å². The van der Waals surface area contributed by atoms with Gasteiger partial charge in [0.15, 0.2) is 0 Å². The van der Waals surface area contributed by atoms with Gasteiger partial charge in [0.05, 0.1) is 12.1 Å². The zero-order chi connectivity index (χ0) is 25.2. The number of hydrogen-bond acceptors (Lipinski definition) is 3. The second kappa shape index (κ2) is 9.82. The van der Waals surface area contributed by atoms with Crippen molar-refractivity contribution < 1.29 is 18.3 Å². The Morgan fingerprint density at radius 2 is 1.40 bits per heavy atom. The molecule has 3 aromatic carbocycles. The second-order valence-corrected chi connectivity index (χ2v) is 9.49. The molecule has 0 bridgehead atoms. The Bertz CT molecular complexity index is 1260. The van der Waals surface area contributed by atoms with Gasteiger partial charge in [-0.1, -0.05) is 54.6 Å². The van der Waals surface area contributed by atoms with Crippen LogP contribution >= 0.6 is 0 Å². The van der Waals surface area contributed by atoms with Crippen LogP contribution in [0.25, 0.3) is 11.3 Å². The predicted molar refractivity (Wildman–Crippen MR) is 132 cm³/mol. The molecule has 4 nitrogen and oxygen atoms in total. The van der Waals surface area contributed by atoms with Crippen LogP contribution in [0, 0.1) is 18.6 Å². The van der Waals surface area contributed by atoms with Gasteiger partial charge in [-0.25, -0.2) is 8.78 Å². The highest BCUT2D eigenvalue weighted by atomic mass is 19.1. The smallest absolute Gasteiger partial charge is 0.310 e. The van der Waals surface area contributed by atoms with Gasteiger partial charge in [-0.15, -0.1) is 0 Å². The Balaban J connectivity index is 1.89. The Hall–Kier alpha value is -3.80. The maximum Gasteiger partial charge on any atom is 0.310 e. The fourth-order valence-corrected chi connectivity index (χ4v) is 4.13. The molecule has 0 aliphatic heterocycles. The molecule has 0 amide bonds. The SMILES string of the molecule is Cc1c(CC(=O)OC(C)(C)C)c(-c2ccccc2)nn1C(c1ccc(F)cc1)c1ccc(F)cc1. The lowest BCUT2D eigenvalue weighted by Crippen LogP contribution is -2.25. The van der Waals surface area contributed by atoms with E-state index in [1.165, 1.54) is 24.3 Å². The molecule has 35 heavy (non-hydrogen) atoms. The third-order valence-electron chi connectivity index (χ3n) is 5.68. The largest absolute Gasteiger partial charge is 0.460 e. The first-order chi connectivity index (χ1) is 16.6. The van der Waals surface area contributed by atoms with E-state index in [0.717, 1.165) is 27.9 Å². The van der Waals surface area contributed by atoms with E-state index in [-0.39, 0.29) is 24.0 Å². The van der Waals surface area contributed by atoms with E-state index in [4.69, 9.17) is 9.84 Å².